The molecule has 0 radical (unpaired) electrons. The SMILES string of the molecule is O=C(N1CCC2(CC1)CNCCO2)[C@]12CNC[C@H]1CCOC2. The minimum Gasteiger partial charge on any atom is -0.380 e. The van der Waals surface area contributed by atoms with E-state index in [-0.39, 0.29) is 11.0 Å². The van der Waals surface area contributed by atoms with Crippen molar-refractivity contribution in [3.05, 3.63) is 0 Å². The summed E-state index contributed by atoms with van der Waals surface area (Å²) >= 11 is 0. The Morgan fingerprint density at radius 3 is 2.77 bits per heavy atom. The first-order valence-electron chi connectivity index (χ1n) is 8.67. The van der Waals surface area contributed by atoms with Gasteiger partial charge in [0.1, 0.15) is 0 Å². The van der Waals surface area contributed by atoms with E-state index >= 15 is 0 Å². The molecule has 22 heavy (non-hydrogen) atoms. The molecule has 6 nitrogen and oxygen atoms in total. The predicted octanol–water partition coefficient (Wildman–Crippen LogP) is -0.406. The lowest BCUT2D eigenvalue weighted by atomic mass is 9.74. The summed E-state index contributed by atoms with van der Waals surface area (Å²) in [5.41, 5.74) is -0.350. The van der Waals surface area contributed by atoms with Gasteiger partial charge in [0, 0.05) is 39.3 Å². The van der Waals surface area contributed by atoms with Crippen molar-refractivity contribution in [3.63, 3.8) is 0 Å². The van der Waals surface area contributed by atoms with Gasteiger partial charge in [-0.1, -0.05) is 0 Å². The zero-order valence-electron chi connectivity index (χ0n) is 13.2. The number of rotatable bonds is 1. The van der Waals surface area contributed by atoms with Crippen molar-refractivity contribution < 1.29 is 14.3 Å². The molecule has 1 spiro atoms. The molecule has 0 aromatic carbocycles. The van der Waals surface area contributed by atoms with Gasteiger partial charge in [-0.25, -0.2) is 0 Å². The summed E-state index contributed by atoms with van der Waals surface area (Å²) in [6.07, 6.45) is 2.89. The maximum atomic E-state index is 13.2. The van der Waals surface area contributed by atoms with Gasteiger partial charge < -0.3 is 25.0 Å². The van der Waals surface area contributed by atoms with E-state index in [1.54, 1.807) is 0 Å². The second-order valence-electron chi connectivity index (χ2n) is 7.33. The van der Waals surface area contributed by atoms with Gasteiger partial charge in [-0.2, -0.15) is 0 Å². The van der Waals surface area contributed by atoms with E-state index in [0.29, 0.717) is 18.4 Å². The molecule has 4 fully saturated rings. The highest BCUT2D eigenvalue weighted by Crippen LogP contribution is 2.40. The van der Waals surface area contributed by atoms with Gasteiger partial charge in [-0.15, -0.1) is 0 Å². The molecule has 124 valence electrons. The van der Waals surface area contributed by atoms with E-state index in [4.69, 9.17) is 9.47 Å². The normalized spacial score (nSPS) is 38.0. The number of carbonyl (C=O) groups is 1. The Bertz CT molecular complexity index is 428. The summed E-state index contributed by atoms with van der Waals surface area (Å²) in [5, 5.41) is 6.85. The summed E-state index contributed by atoms with van der Waals surface area (Å²) in [7, 11) is 0. The lowest BCUT2D eigenvalue weighted by molar-refractivity contribution is -0.159. The average Bonchev–Trinajstić information content (AvgIpc) is 3.01. The van der Waals surface area contributed by atoms with E-state index < -0.39 is 0 Å². The molecule has 0 bridgehead atoms. The van der Waals surface area contributed by atoms with E-state index in [0.717, 1.165) is 71.7 Å². The second kappa shape index (κ2) is 5.74. The second-order valence-corrected chi connectivity index (χ2v) is 7.33. The zero-order chi connectivity index (χ0) is 15.0. The van der Waals surface area contributed by atoms with Crippen LogP contribution in [0.1, 0.15) is 19.3 Å². The third kappa shape index (κ3) is 2.37. The number of hydrogen-bond acceptors (Lipinski definition) is 5. The number of morpholine rings is 1. The third-order valence-electron chi connectivity index (χ3n) is 6.11. The quantitative estimate of drug-likeness (QED) is 0.690. The molecule has 6 heteroatoms. The molecule has 2 atom stereocenters. The highest BCUT2D eigenvalue weighted by Gasteiger charge is 2.53. The number of nitrogens with one attached hydrogen (secondary N) is 2. The Morgan fingerprint density at radius 1 is 1.14 bits per heavy atom. The highest BCUT2D eigenvalue weighted by atomic mass is 16.5. The summed E-state index contributed by atoms with van der Waals surface area (Å²) in [6.45, 7) is 7.40. The van der Waals surface area contributed by atoms with Gasteiger partial charge in [0.25, 0.3) is 0 Å². The molecule has 0 saturated carbocycles. The first-order valence-corrected chi connectivity index (χ1v) is 8.67. The van der Waals surface area contributed by atoms with Crippen molar-refractivity contribution in [1.82, 2.24) is 15.5 Å². The molecule has 0 aromatic heterocycles. The molecular weight excluding hydrogens is 282 g/mol. The van der Waals surface area contributed by atoms with Gasteiger partial charge in [0.2, 0.25) is 5.91 Å². The fraction of sp³-hybridized carbons (Fsp3) is 0.938. The van der Waals surface area contributed by atoms with E-state index in [2.05, 4.69) is 15.5 Å². The number of piperidine rings is 1. The average molecular weight is 309 g/mol. The lowest BCUT2D eigenvalue weighted by Crippen LogP contribution is -2.60. The molecule has 4 heterocycles. The number of amides is 1. The number of carbonyl (C=O) groups excluding carboxylic acids is 1. The summed E-state index contributed by atoms with van der Waals surface area (Å²) < 4.78 is 11.7. The van der Waals surface area contributed by atoms with Crippen molar-refractivity contribution in [2.45, 2.75) is 24.9 Å². The molecule has 4 aliphatic rings. The van der Waals surface area contributed by atoms with Crippen LogP contribution in [0.2, 0.25) is 0 Å². The van der Waals surface area contributed by atoms with Crippen LogP contribution in [0.3, 0.4) is 0 Å². The van der Waals surface area contributed by atoms with Crippen molar-refractivity contribution in [2.24, 2.45) is 11.3 Å². The van der Waals surface area contributed by atoms with Crippen molar-refractivity contribution in [3.8, 4) is 0 Å². The minimum absolute atomic E-state index is 0.0386. The number of hydrogen-bond donors (Lipinski definition) is 2. The van der Waals surface area contributed by atoms with Crippen LogP contribution in [-0.2, 0) is 14.3 Å². The van der Waals surface area contributed by atoms with Crippen LogP contribution < -0.4 is 10.6 Å². The fourth-order valence-corrected chi connectivity index (χ4v) is 4.61. The molecule has 4 saturated heterocycles. The van der Waals surface area contributed by atoms with E-state index in [1.807, 2.05) is 0 Å². The Balaban J connectivity index is 1.43. The van der Waals surface area contributed by atoms with Crippen molar-refractivity contribution in [2.75, 3.05) is 59.1 Å². The van der Waals surface area contributed by atoms with Crippen LogP contribution in [0.4, 0.5) is 0 Å². The first kappa shape index (κ1) is 14.9. The van der Waals surface area contributed by atoms with Gasteiger partial charge >= 0.3 is 0 Å². The number of likely N-dealkylation sites (tertiary alicyclic amines) is 1. The molecule has 4 aliphatic heterocycles. The van der Waals surface area contributed by atoms with Gasteiger partial charge in [0.05, 0.1) is 24.2 Å². The molecular formula is C16H27N3O3. The van der Waals surface area contributed by atoms with Crippen LogP contribution in [0.5, 0.6) is 0 Å². The summed E-state index contributed by atoms with van der Waals surface area (Å²) in [4.78, 5) is 15.2. The fourth-order valence-electron chi connectivity index (χ4n) is 4.61. The number of nitrogens with zero attached hydrogens (tertiary/aromatic N) is 1. The molecule has 2 N–H and O–H groups in total. The maximum absolute atomic E-state index is 13.2. The Morgan fingerprint density at radius 2 is 2.00 bits per heavy atom. The minimum atomic E-state index is -0.311. The van der Waals surface area contributed by atoms with Crippen LogP contribution in [0, 0.1) is 11.3 Å². The largest absolute Gasteiger partial charge is 0.380 e. The lowest BCUT2D eigenvalue weighted by Gasteiger charge is -2.47. The maximum Gasteiger partial charge on any atom is 0.232 e. The monoisotopic (exact) mass is 309 g/mol. The summed E-state index contributed by atoms with van der Waals surface area (Å²) in [6, 6.07) is 0. The Hall–Kier alpha value is -0.690. The van der Waals surface area contributed by atoms with Crippen LogP contribution in [0.15, 0.2) is 0 Å². The molecule has 0 aromatic rings. The standard InChI is InChI=1S/C16H27N3O3/c20-14(16-11-18-9-13(16)1-7-21-12-16)19-5-2-15(3-6-19)10-17-4-8-22-15/h13,17-18H,1-12H2/t13-,16+/m1/s1. The Kier molecular flexibility index (Phi) is 3.88. The van der Waals surface area contributed by atoms with Crippen LogP contribution in [0.25, 0.3) is 0 Å². The molecule has 1 amide bonds. The first-order chi connectivity index (χ1) is 10.7. The number of fused-ring (bicyclic) bond motifs is 1. The van der Waals surface area contributed by atoms with E-state index in [1.165, 1.54) is 0 Å². The zero-order valence-corrected chi connectivity index (χ0v) is 13.2. The predicted molar refractivity (Wildman–Crippen MR) is 81.6 cm³/mol. The van der Waals surface area contributed by atoms with Crippen molar-refractivity contribution in [1.29, 1.82) is 0 Å². The topological polar surface area (TPSA) is 62.8 Å². The third-order valence-corrected chi connectivity index (χ3v) is 6.11. The van der Waals surface area contributed by atoms with Gasteiger partial charge in [-0.3, -0.25) is 4.79 Å². The van der Waals surface area contributed by atoms with Crippen LogP contribution in [-0.4, -0.2) is 75.5 Å². The molecule has 0 unspecified atom stereocenters. The molecule has 4 rings (SSSR count). The highest BCUT2D eigenvalue weighted by molar-refractivity contribution is 5.84. The summed E-state index contributed by atoms with van der Waals surface area (Å²) in [5.74, 6) is 0.748. The van der Waals surface area contributed by atoms with Gasteiger partial charge in [0.15, 0.2) is 0 Å². The van der Waals surface area contributed by atoms with Gasteiger partial charge in [-0.05, 0) is 31.7 Å². The van der Waals surface area contributed by atoms with E-state index in [9.17, 15) is 4.79 Å². The number of ether oxygens (including phenoxy) is 2. The smallest absolute Gasteiger partial charge is 0.232 e. The van der Waals surface area contributed by atoms with Crippen molar-refractivity contribution >= 4 is 5.91 Å². The Labute approximate surface area is 131 Å². The molecule has 0 aliphatic carbocycles. The van der Waals surface area contributed by atoms with Crippen LogP contribution >= 0.6 is 0 Å².